The molecule has 6 rings (SSSR count). The number of nitrogens with one attached hydrogen (secondary N) is 3. The van der Waals surface area contributed by atoms with Gasteiger partial charge in [0.15, 0.2) is 0 Å². The molecule has 5 aromatic rings. The van der Waals surface area contributed by atoms with Crippen molar-refractivity contribution >= 4 is 48.6 Å². The summed E-state index contributed by atoms with van der Waals surface area (Å²) in [5.41, 5.74) is 5.58. The molecule has 0 unspecified atom stereocenters. The number of rotatable bonds is 4. The van der Waals surface area contributed by atoms with Crippen LogP contribution < -0.4 is 11.0 Å². The maximum Gasteiger partial charge on any atom is 0.323 e. The number of ether oxygens (including phenoxy) is 1. The molecule has 8 nitrogen and oxygen atoms in total. The Morgan fingerprint density at radius 1 is 1.19 bits per heavy atom. The molecule has 0 spiro atoms. The van der Waals surface area contributed by atoms with Crippen molar-refractivity contribution in [3.63, 3.8) is 0 Å². The second-order valence-electron chi connectivity index (χ2n) is 8.81. The third-order valence-electron chi connectivity index (χ3n) is 5.91. The van der Waals surface area contributed by atoms with Gasteiger partial charge in [0.25, 0.3) is 0 Å². The Kier molecular flexibility index (Phi) is 4.31. The molecule has 0 atom stereocenters. The molecule has 1 aromatic carbocycles. The molecule has 0 radical (unpaired) electrons. The molecule has 5 heterocycles. The average molecular weight is 447 g/mol. The van der Waals surface area contributed by atoms with Gasteiger partial charge < -0.3 is 20.0 Å². The maximum absolute atomic E-state index is 11.5. The summed E-state index contributed by atoms with van der Waals surface area (Å²) in [6.07, 6.45) is 3.21. The van der Waals surface area contributed by atoms with Crippen LogP contribution in [-0.2, 0) is 24.2 Å². The first kappa shape index (κ1) is 19.4. The first-order valence-electron chi connectivity index (χ1n) is 10.6. The van der Waals surface area contributed by atoms with Crippen molar-refractivity contribution < 1.29 is 4.74 Å². The number of hydrogen-bond donors (Lipinski definition) is 3. The van der Waals surface area contributed by atoms with Crippen LogP contribution >= 0.6 is 11.3 Å². The molecule has 162 valence electrons. The van der Waals surface area contributed by atoms with Gasteiger partial charge in [-0.25, -0.2) is 19.7 Å². The molecule has 0 amide bonds. The normalized spacial score (nSPS) is 15.4. The van der Waals surface area contributed by atoms with E-state index in [1.807, 2.05) is 18.2 Å². The Bertz CT molecular complexity index is 1550. The summed E-state index contributed by atoms with van der Waals surface area (Å²) in [4.78, 5) is 32.0. The van der Waals surface area contributed by atoms with Crippen LogP contribution in [0.5, 0.6) is 0 Å². The SMILES string of the molecule is CC1(C)Cc2nc3sc4c(NCCc5ccc6[nH]c(=O)[nH]c6c5)ncnc4c3cc2CO1. The lowest BCUT2D eigenvalue weighted by Crippen LogP contribution is -2.32. The van der Waals surface area contributed by atoms with E-state index in [1.54, 1.807) is 17.7 Å². The Morgan fingerprint density at radius 2 is 2.06 bits per heavy atom. The van der Waals surface area contributed by atoms with Gasteiger partial charge in [0.05, 0.1) is 39.2 Å². The summed E-state index contributed by atoms with van der Waals surface area (Å²) in [5, 5.41) is 4.52. The van der Waals surface area contributed by atoms with E-state index < -0.39 is 0 Å². The maximum atomic E-state index is 11.5. The van der Waals surface area contributed by atoms with E-state index in [0.29, 0.717) is 13.2 Å². The van der Waals surface area contributed by atoms with Crippen molar-refractivity contribution in [2.24, 2.45) is 0 Å². The first-order valence-corrected chi connectivity index (χ1v) is 11.4. The van der Waals surface area contributed by atoms with Crippen LogP contribution in [-0.4, -0.2) is 37.1 Å². The van der Waals surface area contributed by atoms with Crippen molar-refractivity contribution in [3.8, 4) is 0 Å². The van der Waals surface area contributed by atoms with Crippen LogP contribution in [0.15, 0.2) is 35.4 Å². The number of pyridine rings is 1. The Morgan fingerprint density at radius 3 is 2.97 bits per heavy atom. The highest BCUT2D eigenvalue weighted by molar-refractivity contribution is 7.25. The number of aromatic nitrogens is 5. The molecule has 0 saturated carbocycles. The van der Waals surface area contributed by atoms with Crippen molar-refractivity contribution in [1.82, 2.24) is 24.9 Å². The summed E-state index contributed by atoms with van der Waals surface area (Å²) in [5.74, 6) is 0.823. The number of fused-ring (bicyclic) bond motifs is 5. The molecule has 32 heavy (non-hydrogen) atoms. The number of nitrogens with zero attached hydrogens (tertiary/aromatic N) is 3. The largest absolute Gasteiger partial charge is 0.370 e. The minimum Gasteiger partial charge on any atom is -0.370 e. The highest BCUT2D eigenvalue weighted by Crippen LogP contribution is 2.37. The number of anilines is 1. The standard InChI is InChI=1S/C23H22N6O2S/c1-23(2)9-17-13(10-31-23)8-14-18-19(32-21(14)27-17)20(26-11-25-18)24-6-5-12-3-4-15-16(7-12)29-22(30)28-15/h3-4,7-8,11H,5-6,9-10H2,1-2H3,(H,24,25,26)(H2,28,29,30). The zero-order valence-electron chi connectivity index (χ0n) is 17.8. The molecule has 3 N–H and O–H groups in total. The number of hydrogen-bond acceptors (Lipinski definition) is 7. The molecule has 1 aliphatic rings. The minimum atomic E-state index is -0.187. The van der Waals surface area contributed by atoms with Gasteiger partial charge in [-0.2, -0.15) is 0 Å². The summed E-state index contributed by atoms with van der Waals surface area (Å²) in [7, 11) is 0. The van der Waals surface area contributed by atoms with E-state index in [1.165, 1.54) is 0 Å². The lowest BCUT2D eigenvalue weighted by Gasteiger charge is -2.30. The molecule has 9 heteroatoms. The van der Waals surface area contributed by atoms with Crippen LogP contribution in [0, 0.1) is 0 Å². The monoisotopic (exact) mass is 446 g/mol. The third kappa shape index (κ3) is 3.34. The molecule has 0 saturated heterocycles. The average Bonchev–Trinajstić information content (AvgIpc) is 3.30. The van der Waals surface area contributed by atoms with Crippen LogP contribution in [0.4, 0.5) is 5.82 Å². The summed E-state index contributed by atoms with van der Waals surface area (Å²) in [6.45, 7) is 5.50. The van der Waals surface area contributed by atoms with Crippen molar-refractivity contribution in [1.29, 1.82) is 0 Å². The lowest BCUT2D eigenvalue weighted by molar-refractivity contribution is -0.0411. The van der Waals surface area contributed by atoms with Crippen LogP contribution in [0.1, 0.15) is 30.7 Å². The highest BCUT2D eigenvalue weighted by Gasteiger charge is 2.28. The predicted octanol–water partition coefficient (Wildman–Crippen LogP) is 3.92. The van der Waals surface area contributed by atoms with E-state index in [0.717, 1.165) is 66.9 Å². The lowest BCUT2D eigenvalue weighted by atomic mass is 9.95. The quantitative estimate of drug-likeness (QED) is 0.386. The Balaban J connectivity index is 1.28. The van der Waals surface area contributed by atoms with Gasteiger partial charge in [-0.3, -0.25) is 0 Å². The van der Waals surface area contributed by atoms with Gasteiger partial charge in [-0.15, -0.1) is 11.3 Å². The highest BCUT2D eigenvalue weighted by atomic mass is 32.1. The molecular weight excluding hydrogens is 424 g/mol. The van der Waals surface area contributed by atoms with Crippen LogP contribution in [0.2, 0.25) is 0 Å². The Labute approximate surface area is 187 Å². The molecule has 0 bridgehead atoms. The number of imidazole rings is 1. The fourth-order valence-corrected chi connectivity index (χ4v) is 5.37. The van der Waals surface area contributed by atoms with E-state index >= 15 is 0 Å². The van der Waals surface area contributed by atoms with Crippen LogP contribution in [0.25, 0.3) is 31.5 Å². The second-order valence-corrected chi connectivity index (χ2v) is 9.81. The molecule has 0 aliphatic carbocycles. The molecular formula is C23H22N6O2S. The molecule has 4 aromatic heterocycles. The van der Waals surface area contributed by atoms with Crippen molar-refractivity contribution in [2.75, 3.05) is 11.9 Å². The zero-order valence-corrected chi connectivity index (χ0v) is 18.6. The van der Waals surface area contributed by atoms with Crippen LogP contribution in [0.3, 0.4) is 0 Å². The smallest absolute Gasteiger partial charge is 0.323 e. The van der Waals surface area contributed by atoms with Gasteiger partial charge >= 0.3 is 5.69 Å². The van der Waals surface area contributed by atoms with Gasteiger partial charge in [-0.1, -0.05) is 6.07 Å². The fourth-order valence-electron chi connectivity index (χ4n) is 4.27. The molecule has 0 fully saturated rings. The predicted molar refractivity (Wildman–Crippen MR) is 126 cm³/mol. The fraction of sp³-hybridized carbons (Fsp3) is 0.304. The van der Waals surface area contributed by atoms with Crippen molar-refractivity contribution in [3.05, 3.63) is 57.9 Å². The summed E-state index contributed by atoms with van der Waals surface area (Å²) < 4.78 is 6.99. The second kappa shape index (κ2) is 7.11. The van der Waals surface area contributed by atoms with E-state index in [9.17, 15) is 4.79 Å². The zero-order chi connectivity index (χ0) is 21.9. The number of benzene rings is 1. The first-order chi connectivity index (χ1) is 15.4. The van der Waals surface area contributed by atoms with Gasteiger partial charge in [-0.05, 0) is 44.0 Å². The third-order valence-corrected chi connectivity index (χ3v) is 7.01. The summed E-state index contributed by atoms with van der Waals surface area (Å²) >= 11 is 1.63. The van der Waals surface area contributed by atoms with E-state index in [2.05, 4.69) is 45.2 Å². The van der Waals surface area contributed by atoms with Gasteiger partial charge in [0.1, 0.15) is 17.0 Å². The van der Waals surface area contributed by atoms with E-state index in [4.69, 9.17) is 9.72 Å². The topological polar surface area (TPSA) is 109 Å². The van der Waals surface area contributed by atoms with E-state index in [-0.39, 0.29) is 11.3 Å². The number of thiophene rings is 1. The Hall–Kier alpha value is -3.30. The number of H-pyrrole nitrogens is 2. The minimum absolute atomic E-state index is 0.186. The molecule has 1 aliphatic heterocycles. The summed E-state index contributed by atoms with van der Waals surface area (Å²) in [6, 6.07) is 8.13. The van der Waals surface area contributed by atoms with Crippen molar-refractivity contribution in [2.45, 2.75) is 38.9 Å². The van der Waals surface area contributed by atoms with Gasteiger partial charge in [0.2, 0.25) is 0 Å². The number of aromatic amines is 2. The van der Waals surface area contributed by atoms with Gasteiger partial charge in [0, 0.05) is 23.9 Å².